The summed E-state index contributed by atoms with van der Waals surface area (Å²) in [5.41, 5.74) is 5.28. The van der Waals surface area contributed by atoms with Crippen LogP contribution in [0, 0.1) is 0 Å². The third-order valence-corrected chi connectivity index (χ3v) is 5.50. The van der Waals surface area contributed by atoms with Gasteiger partial charge in [0, 0.05) is 30.3 Å². The first-order valence-electron chi connectivity index (χ1n) is 10.2. The number of benzene rings is 2. The molecule has 4 N–H and O–H groups in total. The van der Waals surface area contributed by atoms with Gasteiger partial charge in [0.1, 0.15) is 11.0 Å². The summed E-state index contributed by atoms with van der Waals surface area (Å²) in [6.45, 7) is 7.82. The lowest BCUT2D eigenvalue weighted by atomic mass is 10.1. The topological polar surface area (TPSA) is 121 Å². The van der Waals surface area contributed by atoms with Gasteiger partial charge in [-0.3, -0.25) is 19.8 Å². The third kappa shape index (κ3) is 7.11. The highest BCUT2D eigenvalue weighted by atomic mass is 32.2. The quantitative estimate of drug-likeness (QED) is 0.421. The van der Waals surface area contributed by atoms with Gasteiger partial charge in [-0.25, -0.2) is 0 Å². The fourth-order valence-electron chi connectivity index (χ4n) is 2.94. The van der Waals surface area contributed by atoms with E-state index in [2.05, 4.69) is 33.1 Å². The molecule has 0 spiro atoms. The number of carbonyl (C=O) groups excluding carboxylic acids is 3. The largest absolute Gasteiger partial charge is 0.494 e. The fourth-order valence-corrected chi connectivity index (χ4v) is 3.87. The van der Waals surface area contributed by atoms with Crippen molar-refractivity contribution in [1.29, 1.82) is 0 Å². The van der Waals surface area contributed by atoms with E-state index in [4.69, 9.17) is 4.74 Å². The van der Waals surface area contributed by atoms with E-state index in [9.17, 15) is 14.4 Å². The van der Waals surface area contributed by atoms with Gasteiger partial charge < -0.3 is 20.7 Å². The van der Waals surface area contributed by atoms with Gasteiger partial charge in [-0.1, -0.05) is 30.5 Å². The maximum absolute atomic E-state index is 12.4. The van der Waals surface area contributed by atoms with Crippen LogP contribution in [0.15, 0.2) is 60.2 Å². The number of anilines is 2. The summed E-state index contributed by atoms with van der Waals surface area (Å²) in [5.74, 6) is -0.0208. The molecule has 2 aromatic rings. The van der Waals surface area contributed by atoms with Crippen LogP contribution in [0.1, 0.15) is 25.8 Å². The molecule has 3 rings (SSSR count). The van der Waals surface area contributed by atoms with Crippen molar-refractivity contribution in [2.75, 3.05) is 17.2 Å². The Balaban J connectivity index is 1.52. The summed E-state index contributed by atoms with van der Waals surface area (Å²) in [5, 5.41) is 12.1. The van der Waals surface area contributed by atoms with Crippen molar-refractivity contribution in [1.82, 2.24) is 10.7 Å². The molecule has 2 aromatic carbocycles. The normalized spacial score (nSPS) is 16.1. The number of amidine groups is 1. The third-order valence-electron chi connectivity index (χ3n) is 4.42. The zero-order valence-corrected chi connectivity index (χ0v) is 19.1. The van der Waals surface area contributed by atoms with E-state index in [1.54, 1.807) is 42.5 Å². The minimum absolute atomic E-state index is 0.00242. The molecule has 1 saturated heterocycles. The zero-order valence-electron chi connectivity index (χ0n) is 18.3. The second-order valence-electron chi connectivity index (χ2n) is 7.07. The molecule has 1 aliphatic heterocycles. The van der Waals surface area contributed by atoms with Crippen molar-refractivity contribution in [3.05, 3.63) is 60.7 Å². The Bertz CT molecular complexity index is 1080. The van der Waals surface area contributed by atoms with Crippen LogP contribution in [-0.2, 0) is 14.4 Å². The van der Waals surface area contributed by atoms with Crippen molar-refractivity contribution in [2.24, 2.45) is 5.10 Å². The van der Waals surface area contributed by atoms with Crippen molar-refractivity contribution < 1.29 is 19.1 Å². The van der Waals surface area contributed by atoms with Crippen LogP contribution in [0.3, 0.4) is 0 Å². The highest BCUT2D eigenvalue weighted by Gasteiger charge is 2.32. The van der Waals surface area contributed by atoms with Crippen LogP contribution >= 0.6 is 11.8 Å². The molecule has 1 atom stereocenters. The van der Waals surface area contributed by atoms with Crippen molar-refractivity contribution >= 4 is 51.7 Å². The van der Waals surface area contributed by atoms with Crippen molar-refractivity contribution in [3.8, 4) is 5.75 Å². The molecule has 0 aromatic heterocycles. The van der Waals surface area contributed by atoms with Crippen LogP contribution in [0.2, 0.25) is 0 Å². The van der Waals surface area contributed by atoms with Crippen molar-refractivity contribution in [2.45, 2.75) is 25.5 Å². The molecule has 10 heteroatoms. The molecule has 0 radical (unpaired) electrons. The average Bonchev–Trinajstić information content (AvgIpc) is 3.12. The second kappa shape index (κ2) is 11.2. The molecule has 0 unspecified atom stereocenters. The Morgan fingerprint density at radius 1 is 1.15 bits per heavy atom. The number of rotatable bonds is 9. The molecule has 0 aliphatic carbocycles. The first-order valence-corrected chi connectivity index (χ1v) is 11.1. The number of hydrogen-bond acceptors (Lipinski definition) is 7. The molecule has 33 heavy (non-hydrogen) atoms. The van der Waals surface area contributed by atoms with Gasteiger partial charge in [-0.05, 0) is 43.3 Å². The predicted octanol–water partition coefficient (Wildman–Crippen LogP) is 3.14. The number of carbonyl (C=O) groups is 3. The number of nitrogens with zero attached hydrogens (tertiary/aromatic N) is 1. The van der Waals surface area contributed by atoms with Gasteiger partial charge in [0.25, 0.3) is 0 Å². The van der Waals surface area contributed by atoms with E-state index < -0.39 is 5.25 Å². The van der Waals surface area contributed by atoms with Crippen LogP contribution in [0.4, 0.5) is 11.4 Å². The number of hydrazone groups is 1. The average molecular weight is 468 g/mol. The molecule has 9 nitrogen and oxygen atoms in total. The van der Waals surface area contributed by atoms with Gasteiger partial charge in [0.15, 0.2) is 5.17 Å². The summed E-state index contributed by atoms with van der Waals surface area (Å²) in [7, 11) is 0. The predicted molar refractivity (Wildman–Crippen MR) is 131 cm³/mol. The molecule has 172 valence electrons. The fraction of sp³-hybridized carbons (Fsp3) is 0.217. The minimum Gasteiger partial charge on any atom is -0.494 e. The molecule has 1 heterocycles. The van der Waals surface area contributed by atoms with E-state index in [1.165, 1.54) is 6.92 Å². The molecule has 0 bridgehead atoms. The van der Waals surface area contributed by atoms with Gasteiger partial charge >= 0.3 is 0 Å². The van der Waals surface area contributed by atoms with Crippen LogP contribution in [0.5, 0.6) is 5.75 Å². The molecule has 1 aliphatic rings. The second-order valence-corrected chi connectivity index (χ2v) is 8.27. The van der Waals surface area contributed by atoms with Crippen LogP contribution in [-0.4, -0.2) is 34.7 Å². The summed E-state index contributed by atoms with van der Waals surface area (Å²) >= 11 is 1.16. The van der Waals surface area contributed by atoms with Crippen molar-refractivity contribution in [3.63, 3.8) is 0 Å². The first-order chi connectivity index (χ1) is 15.8. The Hall–Kier alpha value is -3.79. The van der Waals surface area contributed by atoms with E-state index >= 15 is 0 Å². The summed E-state index contributed by atoms with van der Waals surface area (Å²) < 4.78 is 5.38. The first kappa shape index (κ1) is 23.9. The Labute approximate surface area is 196 Å². The van der Waals surface area contributed by atoms with E-state index in [-0.39, 0.29) is 24.1 Å². The monoisotopic (exact) mass is 467 g/mol. The van der Waals surface area contributed by atoms with Crippen LogP contribution < -0.4 is 26.1 Å². The highest BCUT2D eigenvalue weighted by molar-refractivity contribution is 8.15. The molecule has 3 amide bonds. The van der Waals surface area contributed by atoms with E-state index in [0.717, 1.165) is 23.1 Å². The summed E-state index contributed by atoms with van der Waals surface area (Å²) in [6.07, 6.45) is 0.00242. The molecular formula is C23H25N5O4S. The number of hydrogen-bond donors (Lipinski definition) is 4. The van der Waals surface area contributed by atoms with Gasteiger partial charge in [-0.2, -0.15) is 0 Å². The number of amides is 3. The van der Waals surface area contributed by atoms with Crippen LogP contribution in [0.25, 0.3) is 5.70 Å². The smallest absolute Gasteiger partial charge is 0.240 e. The number of thioether (sulfide) groups is 1. The Morgan fingerprint density at radius 3 is 2.61 bits per heavy atom. The minimum atomic E-state index is -0.593. The zero-order chi connectivity index (χ0) is 23.8. The lowest BCUT2D eigenvalue weighted by molar-refractivity contribution is -0.122. The molecule has 0 saturated carbocycles. The number of ether oxygens (including phenoxy) is 1. The van der Waals surface area contributed by atoms with E-state index in [1.807, 2.05) is 13.0 Å². The summed E-state index contributed by atoms with van der Waals surface area (Å²) in [6, 6.07) is 14.1. The highest BCUT2D eigenvalue weighted by Crippen LogP contribution is 2.24. The lowest BCUT2D eigenvalue weighted by Crippen LogP contribution is -2.28. The molecular weight excluding hydrogens is 442 g/mol. The van der Waals surface area contributed by atoms with Gasteiger partial charge in [-0.15, -0.1) is 5.10 Å². The van der Waals surface area contributed by atoms with E-state index in [0.29, 0.717) is 28.8 Å². The lowest BCUT2D eigenvalue weighted by Gasteiger charge is -2.09. The Morgan fingerprint density at radius 2 is 1.91 bits per heavy atom. The standard InChI is InChI=1S/C23H25N5O4S/c1-4-32-19-10-8-17(9-11-19)25-21(30)13-20-22(31)26-23(33-20)28-27-14(2)16-6-5-7-18(12-16)24-15(3)29/h5-12,20,27H,2,4,13H2,1,3H3,(H,24,29)(H,25,30)(H,26,28,31)/t20-/m1/s1. The SMILES string of the molecule is C=C(N/N=C1/NC(=O)[C@@H](CC(=O)Nc2ccc(OCC)cc2)S1)c1cccc(NC(C)=O)c1. The van der Waals surface area contributed by atoms with Gasteiger partial charge in [0.05, 0.1) is 12.3 Å². The Kier molecular flexibility index (Phi) is 8.09. The summed E-state index contributed by atoms with van der Waals surface area (Å²) in [4.78, 5) is 35.8. The number of nitrogens with one attached hydrogen (secondary N) is 4. The molecule has 1 fully saturated rings. The maximum Gasteiger partial charge on any atom is 0.240 e. The van der Waals surface area contributed by atoms with Gasteiger partial charge in [0.2, 0.25) is 17.7 Å². The maximum atomic E-state index is 12.4.